The molecule has 1 amide bonds. The first kappa shape index (κ1) is 21.8. The summed E-state index contributed by atoms with van der Waals surface area (Å²) >= 11 is 0. The van der Waals surface area contributed by atoms with Crippen molar-refractivity contribution in [2.75, 3.05) is 11.9 Å². The Balaban J connectivity index is 1.61. The molecular weight excluding hydrogens is 404 g/mol. The molecule has 0 spiro atoms. The summed E-state index contributed by atoms with van der Waals surface area (Å²) in [5, 5.41) is 25.8. The van der Waals surface area contributed by atoms with Gasteiger partial charge in [-0.1, -0.05) is 0 Å². The summed E-state index contributed by atoms with van der Waals surface area (Å²) in [4.78, 5) is 22.0. The number of pyridine rings is 2. The minimum Gasteiger partial charge on any atom is -0.396 e. The van der Waals surface area contributed by atoms with Crippen LogP contribution in [-0.2, 0) is 0 Å². The predicted octanol–water partition coefficient (Wildman–Crippen LogP) is 3.39. The fraction of sp³-hybridized carbons (Fsp3) is 0.417. The summed E-state index contributed by atoms with van der Waals surface area (Å²) in [5.74, 6) is 0.839. The summed E-state index contributed by atoms with van der Waals surface area (Å²) in [7, 11) is 0. The Bertz CT molecular complexity index is 1150. The van der Waals surface area contributed by atoms with Crippen LogP contribution >= 0.6 is 0 Å². The number of carbonyl (C=O) groups excluding carboxylic acids is 1. The normalized spacial score (nSPS) is 18.5. The first-order chi connectivity index (χ1) is 15.5. The Morgan fingerprint density at radius 2 is 2.03 bits per heavy atom. The number of hydrogen-bond donors (Lipinski definition) is 3. The second-order valence-corrected chi connectivity index (χ2v) is 8.70. The van der Waals surface area contributed by atoms with Crippen molar-refractivity contribution in [1.29, 1.82) is 5.26 Å². The van der Waals surface area contributed by atoms with Crippen molar-refractivity contribution in [2.45, 2.75) is 51.6 Å². The van der Waals surface area contributed by atoms with Gasteiger partial charge in [-0.2, -0.15) is 5.26 Å². The monoisotopic (exact) mass is 432 g/mol. The molecule has 3 N–H and O–H groups in total. The van der Waals surface area contributed by atoms with E-state index in [0.717, 1.165) is 31.1 Å². The van der Waals surface area contributed by atoms with Crippen LogP contribution in [0, 0.1) is 17.2 Å². The van der Waals surface area contributed by atoms with E-state index in [9.17, 15) is 9.90 Å². The molecule has 1 saturated carbocycles. The molecule has 3 heterocycles. The van der Waals surface area contributed by atoms with Gasteiger partial charge < -0.3 is 15.7 Å². The highest BCUT2D eigenvalue weighted by atomic mass is 16.3. The molecule has 3 aromatic rings. The van der Waals surface area contributed by atoms with Crippen LogP contribution in [0.4, 0.5) is 5.69 Å². The highest BCUT2D eigenvalue weighted by Crippen LogP contribution is 2.26. The maximum atomic E-state index is 13.1. The van der Waals surface area contributed by atoms with Crippen LogP contribution in [0.25, 0.3) is 16.9 Å². The highest BCUT2D eigenvalue weighted by molar-refractivity contribution is 5.99. The van der Waals surface area contributed by atoms with Crippen molar-refractivity contribution in [3.05, 3.63) is 47.9 Å². The smallest absolute Gasteiger partial charge is 0.255 e. The van der Waals surface area contributed by atoms with Crippen LogP contribution in [0.1, 0.15) is 55.5 Å². The predicted molar refractivity (Wildman–Crippen MR) is 123 cm³/mol. The first-order valence-corrected chi connectivity index (χ1v) is 11.0. The van der Waals surface area contributed by atoms with Crippen molar-refractivity contribution < 1.29 is 9.90 Å². The molecule has 166 valence electrons. The number of nitrogens with zero attached hydrogens (tertiary/aromatic N) is 4. The number of nitrogens with one attached hydrogen (secondary N) is 2. The first-order valence-electron chi connectivity index (χ1n) is 11.0. The van der Waals surface area contributed by atoms with E-state index in [0.29, 0.717) is 34.2 Å². The molecule has 4 rings (SSSR count). The molecule has 0 bridgehead atoms. The van der Waals surface area contributed by atoms with Gasteiger partial charge in [-0.3, -0.25) is 9.36 Å². The Hall–Kier alpha value is -3.44. The number of aliphatic hydroxyl groups is 1. The Morgan fingerprint density at radius 1 is 1.25 bits per heavy atom. The number of carbonyl (C=O) groups is 1. The van der Waals surface area contributed by atoms with Crippen molar-refractivity contribution in [3.63, 3.8) is 0 Å². The molecular formula is C24H28N6O2. The molecule has 1 aliphatic carbocycles. The van der Waals surface area contributed by atoms with Crippen LogP contribution in [0.15, 0.2) is 36.8 Å². The van der Waals surface area contributed by atoms with E-state index in [2.05, 4.69) is 26.7 Å². The average molecular weight is 433 g/mol. The van der Waals surface area contributed by atoms with Gasteiger partial charge in [0.25, 0.3) is 5.91 Å². The molecule has 0 atom stereocenters. The zero-order chi connectivity index (χ0) is 22.7. The molecule has 0 aliphatic heterocycles. The van der Waals surface area contributed by atoms with E-state index < -0.39 is 0 Å². The molecule has 8 nitrogen and oxygen atoms in total. The number of aromatic nitrogens is 3. The van der Waals surface area contributed by atoms with Crippen molar-refractivity contribution >= 4 is 22.6 Å². The summed E-state index contributed by atoms with van der Waals surface area (Å²) in [6.07, 6.45) is 8.61. The lowest BCUT2D eigenvalue weighted by molar-refractivity contribution is 0.0914. The Morgan fingerprint density at radius 3 is 2.72 bits per heavy atom. The fourth-order valence-corrected chi connectivity index (χ4v) is 4.21. The summed E-state index contributed by atoms with van der Waals surface area (Å²) in [6, 6.07) is 7.89. The average Bonchev–Trinajstić information content (AvgIpc) is 3.22. The van der Waals surface area contributed by atoms with E-state index >= 15 is 0 Å². The number of aliphatic hydroxyl groups excluding tert-OH is 1. The fourth-order valence-electron chi connectivity index (χ4n) is 4.21. The quantitative estimate of drug-likeness (QED) is 0.550. The van der Waals surface area contributed by atoms with Crippen molar-refractivity contribution in [3.8, 4) is 11.9 Å². The van der Waals surface area contributed by atoms with Gasteiger partial charge in [-0.05, 0) is 57.6 Å². The van der Waals surface area contributed by atoms with Gasteiger partial charge in [0.1, 0.15) is 17.5 Å². The van der Waals surface area contributed by atoms with E-state index in [4.69, 9.17) is 5.26 Å². The zero-order valence-corrected chi connectivity index (χ0v) is 18.4. The molecule has 0 radical (unpaired) electrons. The van der Waals surface area contributed by atoms with Gasteiger partial charge in [0.15, 0.2) is 0 Å². The second-order valence-electron chi connectivity index (χ2n) is 8.70. The third-order valence-corrected chi connectivity index (χ3v) is 5.92. The maximum absolute atomic E-state index is 13.1. The lowest BCUT2D eigenvalue weighted by Crippen LogP contribution is -2.38. The van der Waals surface area contributed by atoms with E-state index in [1.54, 1.807) is 18.5 Å². The zero-order valence-electron chi connectivity index (χ0n) is 18.4. The molecule has 0 unspecified atom stereocenters. The summed E-state index contributed by atoms with van der Waals surface area (Å²) < 4.78 is 1.85. The number of amides is 1. The number of rotatable bonds is 6. The molecule has 0 saturated heterocycles. The Labute approximate surface area is 187 Å². The van der Waals surface area contributed by atoms with Crippen LogP contribution in [0.5, 0.6) is 0 Å². The minimum atomic E-state index is -0.145. The molecule has 8 heteroatoms. The topological polar surface area (TPSA) is 116 Å². The third kappa shape index (κ3) is 4.58. The Kier molecular flexibility index (Phi) is 6.37. The molecule has 0 aromatic carbocycles. The van der Waals surface area contributed by atoms with Crippen molar-refractivity contribution in [2.24, 2.45) is 5.92 Å². The van der Waals surface area contributed by atoms with Gasteiger partial charge in [-0.25, -0.2) is 9.97 Å². The number of fused-ring (bicyclic) bond motifs is 1. The number of nitriles is 1. The molecule has 3 aromatic heterocycles. The van der Waals surface area contributed by atoms with Crippen LogP contribution < -0.4 is 10.6 Å². The largest absolute Gasteiger partial charge is 0.396 e. The maximum Gasteiger partial charge on any atom is 0.255 e. The van der Waals surface area contributed by atoms with Gasteiger partial charge in [0.2, 0.25) is 0 Å². The third-order valence-electron chi connectivity index (χ3n) is 5.92. The standard InChI is InChI=1S/C24H28N6O2/c1-15(2)28-21-10-22(30-8-7-18-9-17(11-25)12-27-23(18)30)26-13-20(21)24(32)29-19-5-3-16(14-31)4-6-19/h7-10,12-13,15-16,19,31H,3-6,14H2,1-2H3,(H,26,28)(H,29,32)/t16-,19-. The number of anilines is 1. The van der Waals surface area contributed by atoms with E-state index in [1.807, 2.05) is 36.7 Å². The second kappa shape index (κ2) is 9.37. The molecule has 1 fully saturated rings. The minimum absolute atomic E-state index is 0.115. The van der Waals surface area contributed by atoms with Crippen LogP contribution in [0.2, 0.25) is 0 Å². The van der Waals surface area contributed by atoms with Crippen LogP contribution in [-0.4, -0.2) is 44.2 Å². The SMILES string of the molecule is CC(C)Nc1cc(-n2ccc3cc(C#N)cnc32)ncc1C(=O)N[C@H]1CC[C@H](CO)CC1. The lowest BCUT2D eigenvalue weighted by Gasteiger charge is -2.28. The summed E-state index contributed by atoms with van der Waals surface area (Å²) in [5.41, 5.74) is 2.42. The van der Waals surface area contributed by atoms with Crippen molar-refractivity contribution in [1.82, 2.24) is 19.9 Å². The van der Waals surface area contributed by atoms with Crippen LogP contribution in [0.3, 0.4) is 0 Å². The van der Waals surface area contributed by atoms with Gasteiger partial charge in [0.05, 0.1) is 16.8 Å². The van der Waals surface area contributed by atoms with Gasteiger partial charge in [0, 0.05) is 48.7 Å². The highest BCUT2D eigenvalue weighted by Gasteiger charge is 2.24. The summed E-state index contributed by atoms with van der Waals surface area (Å²) in [6.45, 7) is 4.26. The van der Waals surface area contributed by atoms with Gasteiger partial charge in [-0.15, -0.1) is 0 Å². The molecule has 1 aliphatic rings. The van der Waals surface area contributed by atoms with E-state index in [-0.39, 0.29) is 24.6 Å². The molecule has 32 heavy (non-hydrogen) atoms. The lowest BCUT2D eigenvalue weighted by atomic mass is 9.86. The van der Waals surface area contributed by atoms with E-state index in [1.165, 1.54) is 0 Å². The van der Waals surface area contributed by atoms with Gasteiger partial charge >= 0.3 is 0 Å². The number of hydrogen-bond acceptors (Lipinski definition) is 6.